The van der Waals surface area contributed by atoms with Gasteiger partial charge in [0, 0.05) is 18.7 Å². The second-order valence-electron chi connectivity index (χ2n) is 4.18. The van der Waals surface area contributed by atoms with Crippen LogP contribution in [-0.2, 0) is 13.5 Å². The largest absolute Gasteiger partial charge is 0.396 e. The normalized spacial score (nSPS) is 21.8. The van der Waals surface area contributed by atoms with Crippen molar-refractivity contribution >= 4 is 0 Å². The molecule has 0 saturated carbocycles. The number of aromatic nitrogens is 2. The Balaban J connectivity index is 2.44. The molecule has 0 aromatic carbocycles. The lowest BCUT2D eigenvalue weighted by Gasteiger charge is -2.09. The molecule has 1 unspecified atom stereocenters. The maximum absolute atomic E-state index is 9.31. The van der Waals surface area contributed by atoms with E-state index in [1.807, 2.05) is 6.92 Å². The second kappa shape index (κ2) is 3.73. The van der Waals surface area contributed by atoms with Crippen LogP contribution in [-0.4, -0.2) is 21.3 Å². The molecule has 1 aromatic rings. The molecule has 0 radical (unpaired) electrons. The van der Waals surface area contributed by atoms with E-state index in [1.165, 1.54) is 18.5 Å². The summed E-state index contributed by atoms with van der Waals surface area (Å²) >= 11 is 0. The molecule has 2 rings (SSSR count). The first kappa shape index (κ1) is 9.71. The van der Waals surface area contributed by atoms with E-state index in [2.05, 4.69) is 16.6 Å². The van der Waals surface area contributed by atoms with Crippen LogP contribution >= 0.6 is 0 Å². The number of imidazole rings is 1. The van der Waals surface area contributed by atoms with Crippen molar-refractivity contribution in [2.45, 2.75) is 38.5 Å². The first-order valence-corrected chi connectivity index (χ1v) is 5.37. The van der Waals surface area contributed by atoms with Gasteiger partial charge in [-0.25, -0.2) is 4.98 Å². The van der Waals surface area contributed by atoms with Crippen molar-refractivity contribution in [3.63, 3.8) is 0 Å². The molecule has 1 atom stereocenters. The molecule has 0 saturated heterocycles. The quantitative estimate of drug-likeness (QED) is 0.688. The summed E-state index contributed by atoms with van der Waals surface area (Å²) in [6.07, 6.45) is 4.63. The lowest BCUT2D eigenvalue weighted by molar-refractivity contribution is 0.256. The first-order chi connectivity index (χ1) is 6.74. The van der Waals surface area contributed by atoms with Crippen LogP contribution in [0.5, 0.6) is 0 Å². The molecule has 1 aromatic heterocycles. The van der Waals surface area contributed by atoms with Crippen molar-refractivity contribution < 1.29 is 5.11 Å². The minimum Gasteiger partial charge on any atom is -0.396 e. The molecule has 78 valence electrons. The van der Waals surface area contributed by atoms with Crippen LogP contribution in [0.15, 0.2) is 0 Å². The van der Waals surface area contributed by atoms with Gasteiger partial charge in [-0.1, -0.05) is 6.42 Å². The molecule has 14 heavy (non-hydrogen) atoms. The highest BCUT2D eigenvalue weighted by molar-refractivity contribution is 5.22. The summed E-state index contributed by atoms with van der Waals surface area (Å²) in [6, 6.07) is 0. The van der Waals surface area contributed by atoms with Crippen molar-refractivity contribution in [2.75, 3.05) is 6.61 Å². The van der Waals surface area contributed by atoms with Crippen molar-refractivity contribution in [1.29, 1.82) is 0 Å². The number of fused-ring (bicyclic) bond motifs is 1. The van der Waals surface area contributed by atoms with Gasteiger partial charge >= 0.3 is 0 Å². The fraction of sp³-hybridized carbons (Fsp3) is 0.727. The van der Waals surface area contributed by atoms with E-state index < -0.39 is 0 Å². The SMILES string of the molecule is Cc1nc2c(n1C)CCCCC2CO. The van der Waals surface area contributed by atoms with Gasteiger partial charge in [0.2, 0.25) is 0 Å². The van der Waals surface area contributed by atoms with Gasteiger partial charge in [-0.3, -0.25) is 0 Å². The van der Waals surface area contributed by atoms with E-state index in [-0.39, 0.29) is 12.5 Å². The smallest absolute Gasteiger partial charge is 0.105 e. The molecule has 1 aliphatic carbocycles. The zero-order chi connectivity index (χ0) is 10.1. The Bertz CT molecular complexity index is 330. The Morgan fingerprint density at radius 3 is 3.00 bits per heavy atom. The van der Waals surface area contributed by atoms with Crippen LogP contribution in [0.1, 0.15) is 42.4 Å². The van der Waals surface area contributed by atoms with E-state index in [9.17, 15) is 5.11 Å². The molecule has 0 aliphatic heterocycles. The second-order valence-corrected chi connectivity index (χ2v) is 4.18. The molecular weight excluding hydrogens is 176 g/mol. The lowest BCUT2D eigenvalue weighted by Crippen LogP contribution is -2.05. The Morgan fingerprint density at radius 2 is 2.29 bits per heavy atom. The molecule has 1 N–H and O–H groups in total. The summed E-state index contributed by atoms with van der Waals surface area (Å²) in [4.78, 5) is 4.57. The van der Waals surface area contributed by atoms with E-state index in [0.29, 0.717) is 0 Å². The molecule has 0 bridgehead atoms. The third-order valence-corrected chi connectivity index (χ3v) is 3.29. The summed E-state index contributed by atoms with van der Waals surface area (Å²) in [5.41, 5.74) is 2.48. The minimum absolute atomic E-state index is 0.240. The third kappa shape index (κ3) is 1.46. The van der Waals surface area contributed by atoms with Gasteiger partial charge in [0.1, 0.15) is 5.82 Å². The van der Waals surface area contributed by atoms with Crippen molar-refractivity contribution in [2.24, 2.45) is 7.05 Å². The van der Waals surface area contributed by atoms with Crippen LogP contribution in [0.3, 0.4) is 0 Å². The fourth-order valence-electron chi connectivity index (χ4n) is 2.30. The number of aliphatic hydroxyl groups excluding tert-OH is 1. The predicted octanol–water partition coefficient (Wildman–Crippen LogP) is 1.53. The van der Waals surface area contributed by atoms with E-state index in [4.69, 9.17) is 0 Å². The fourth-order valence-corrected chi connectivity index (χ4v) is 2.30. The summed E-state index contributed by atoms with van der Waals surface area (Å²) in [5.74, 6) is 1.34. The molecular formula is C11H18N2O. The van der Waals surface area contributed by atoms with E-state index >= 15 is 0 Å². The summed E-state index contributed by atoms with van der Waals surface area (Å²) in [5, 5.41) is 9.31. The Kier molecular flexibility index (Phi) is 2.59. The van der Waals surface area contributed by atoms with Crippen molar-refractivity contribution in [1.82, 2.24) is 9.55 Å². The average molecular weight is 194 g/mol. The number of nitrogens with zero attached hydrogens (tertiary/aromatic N) is 2. The average Bonchev–Trinajstić information content (AvgIpc) is 2.41. The summed E-state index contributed by atoms with van der Waals surface area (Å²) < 4.78 is 2.17. The van der Waals surface area contributed by atoms with Gasteiger partial charge in [0.25, 0.3) is 0 Å². The van der Waals surface area contributed by atoms with Crippen LogP contribution in [0.25, 0.3) is 0 Å². The number of aryl methyl sites for hydroxylation is 1. The Morgan fingerprint density at radius 1 is 1.50 bits per heavy atom. The van der Waals surface area contributed by atoms with Gasteiger partial charge in [-0.15, -0.1) is 0 Å². The van der Waals surface area contributed by atoms with Crippen LogP contribution in [0.2, 0.25) is 0 Å². The third-order valence-electron chi connectivity index (χ3n) is 3.29. The topological polar surface area (TPSA) is 38.0 Å². The van der Waals surface area contributed by atoms with Gasteiger partial charge < -0.3 is 9.67 Å². The van der Waals surface area contributed by atoms with Crippen LogP contribution in [0, 0.1) is 6.92 Å². The Labute approximate surface area is 84.8 Å². The lowest BCUT2D eigenvalue weighted by atomic mass is 10.0. The van der Waals surface area contributed by atoms with Gasteiger partial charge in [0.15, 0.2) is 0 Å². The molecule has 0 amide bonds. The maximum atomic E-state index is 9.31. The van der Waals surface area contributed by atoms with Gasteiger partial charge in [-0.05, 0) is 26.2 Å². The van der Waals surface area contributed by atoms with Gasteiger partial charge in [-0.2, -0.15) is 0 Å². The maximum Gasteiger partial charge on any atom is 0.105 e. The highest BCUT2D eigenvalue weighted by Crippen LogP contribution is 2.29. The minimum atomic E-state index is 0.240. The van der Waals surface area contributed by atoms with Crippen molar-refractivity contribution in [3.8, 4) is 0 Å². The van der Waals surface area contributed by atoms with E-state index in [1.54, 1.807) is 0 Å². The molecule has 0 spiro atoms. The summed E-state index contributed by atoms with van der Waals surface area (Å²) in [6.45, 7) is 2.27. The number of hydrogen-bond acceptors (Lipinski definition) is 2. The standard InChI is InChI=1S/C11H18N2O/c1-8-12-11-9(7-14)5-3-4-6-10(11)13(8)2/h9,14H,3-7H2,1-2H3. The zero-order valence-corrected chi connectivity index (χ0v) is 8.95. The highest BCUT2D eigenvalue weighted by atomic mass is 16.3. The first-order valence-electron chi connectivity index (χ1n) is 5.37. The van der Waals surface area contributed by atoms with Crippen molar-refractivity contribution in [3.05, 3.63) is 17.2 Å². The highest BCUT2D eigenvalue weighted by Gasteiger charge is 2.22. The van der Waals surface area contributed by atoms with Crippen LogP contribution in [0.4, 0.5) is 0 Å². The number of hydrogen-bond donors (Lipinski definition) is 1. The monoisotopic (exact) mass is 194 g/mol. The molecule has 1 aliphatic rings. The molecule has 3 heteroatoms. The van der Waals surface area contributed by atoms with E-state index in [0.717, 1.165) is 24.4 Å². The Hall–Kier alpha value is -0.830. The number of rotatable bonds is 1. The molecule has 0 fully saturated rings. The molecule has 3 nitrogen and oxygen atoms in total. The van der Waals surface area contributed by atoms with Crippen LogP contribution < -0.4 is 0 Å². The predicted molar refractivity (Wildman–Crippen MR) is 55.3 cm³/mol. The van der Waals surface area contributed by atoms with Gasteiger partial charge in [0.05, 0.1) is 12.3 Å². The summed E-state index contributed by atoms with van der Waals surface area (Å²) in [7, 11) is 2.07. The molecule has 1 heterocycles. The number of aliphatic hydroxyl groups is 1. The zero-order valence-electron chi connectivity index (χ0n) is 8.95.